The fourth-order valence-corrected chi connectivity index (χ4v) is 4.39. The molecule has 1 fully saturated rings. The van der Waals surface area contributed by atoms with Gasteiger partial charge in [-0.25, -0.2) is 4.98 Å². The van der Waals surface area contributed by atoms with Crippen LogP contribution in [0, 0.1) is 0 Å². The van der Waals surface area contributed by atoms with Crippen molar-refractivity contribution in [3.8, 4) is 0 Å². The average Bonchev–Trinajstić information content (AvgIpc) is 3.45. The highest BCUT2D eigenvalue weighted by Crippen LogP contribution is 2.38. The summed E-state index contributed by atoms with van der Waals surface area (Å²) in [5.74, 6) is -2.63. The van der Waals surface area contributed by atoms with Crippen LogP contribution in [0.4, 0.5) is 8.78 Å². The Labute approximate surface area is 191 Å². The van der Waals surface area contributed by atoms with Crippen LogP contribution in [0.5, 0.6) is 0 Å². The maximum Gasteiger partial charge on any atom is 0.312 e. The van der Waals surface area contributed by atoms with Crippen molar-refractivity contribution in [1.29, 1.82) is 0 Å². The Hall–Kier alpha value is -2.39. The first-order chi connectivity index (χ1) is 15.2. The predicted octanol–water partition coefficient (Wildman–Crippen LogP) is 4.85. The zero-order valence-corrected chi connectivity index (χ0v) is 19.3. The van der Waals surface area contributed by atoms with Crippen LogP contribution in [-0.4, -0.2) is 42.0 Å². The smallest absolute Gasteiger partial charge is 0.312 e. The van der Waals surface area contributed by atoms with Crippen LogP contribution in [0.3, 0.4) is 0 Å². The van der Waals surface area contributed by atoms with Crippen molar-refractivity contribution in [2.24, 2.45) is 5.16 Å². The molecule has 32 heavy (non-hydrogen) atoms. The molecule has 1 atom stereocenters. The Bertz CT molecular complexity index is 907. The van der Waals surface area contributed by atoms with E-state index in [-0.39, 0.29) is 17.6 Å². The Morgan fingerprint density at radius 2 is 1.88 bits per heavy atom. The molecule has 6 nitrogen and oxygen atoms in total. The lowest BCUT2D eigenvalue weighted by Gasteiger charge is -2.21. The van der Waals surface area contributed by atoms with Crippen LogP contribution in [0.1, 0.15) is 62.2 Å². The summed E-state index contributed by atoms with van der Waals surface area (Å²) in [5, 5.41) is 10.2. The molecule has 0 radical (unpaired) electrons. The fourth-order valence-electron chi connectivity index (χ4n) is 3.39. The predicted molar refractivity (Wildman–Crippen MR) is 120 cm³/mol. The molecular formula is C23H29F2N3O3S. The van der Waals surface area contributed by atoms with E-state index in [4.69, 9.17) is 4.84 Å². The number of hydrogen-bond donors (Lipinski definition) is 1. The third kappa shape index (κ3) is 6.32. The second-order valence-corrected chi connectivity index (χ2v) is 9.64. The van der Waals surface area contributed by atoms with Gasteiger partial charge in [-0.1, -0.05) is 35.5 Å². The number of oxime groups is 1. The van der Waals surface area contributed by atoms with E-state index in [1.165, 1.54) is 12.1 Å². The van der Waals surface area contributed by atoms with Crippen LogP contribution < -0.4 is 5.32 Å². The Balaban J connectivity index is 0.000000360. The number of carbonyl (C=O) groups is 1. The molecule has 1 unspecified atom stereocenters. The maximum absolute atomic E-state index is 14.6. The van der Waals surface area contributed by atoms with Crippen LogP contribution in [0.15, 0.2) is 40.9 Å². The van der Waals surface area contributed by atoms with Gasteiger partial charge in [-0.3, -0.25) is 4.79 Å². The van der Waals surface area contributed by atoms with Gasteiger partial charge in [0.2, 0.25) is 6.10 Å². The van der Waals surface area contributed by atoms with Crippen molar-refractivity contribution in [3.05, 3.63) is 52.0 Å². The van der Waals surface area contributed by atoms with E-state index in [1.807, 2.05) is 26.2 Å². The van der Waals surface area contributed by atoms with Crippen molar-refractivity contribution < 1.29 is 23.1 Å². The number of piperidine rings is 1. The lowest BCUT2D eigenvalue weighted by molar-refractivity contribution is -0.138. The molecule has 1 aromatic heterocycles. The molecule has 1 N–H and O–H groups in total. The van der Waals surface area contributed by atoms with Crippen LogP contribution >= 0.6 is 11.3 Å². The highest BCUT2D eigenvalue weighted by molar-refractivity contribution is 7.10. The first-order valence-electron chi connectivity index (χ1n) is 10.6. The molecule has 2 aliphatic heterocycles. The van der Waals surface area contributed by atoms with Gasteiger partial charge in [-0.05, 0) is 46.7 Å². The molecule has 2 aliphatic rings. The minimum Gasteiger partial charge on any atom is -0.462 e. The van der Waals surface area contributed by atoms with Crippen molar-refractivity contribution in [2.75, 3.05) is 13.1 Å². The minimum absolute atomic E-state index is 0.0508. The normalized spacial score (nSPS) is 19.4. The van der Waals surface area contributed by atoms with Gasteiger partial charge in [0.05, 0.1) is 10.7 Å². The standard InChI is InChI=1S/C18H19F2N3OS.C5H10O2/c19-18(20,13-4-2-1-3-5-13)16-10-14(23-24-16)15-11-25-17(22-15)12-6-8-21-9-7-12;1-5(2,3)7-4-6/h1-5,11-12,16,21H,6-10H2;4H,1-3H3. The summed E-state index contributed by atoms with van der Waals surface area (Å²) >= 11 is 1.59. The van der Waals surface area contributed by atoms with Gasteiger partial charge in [0.15, 0.2) is 0 Å². The van der Waals surface area contributed by atoms with E-state index in [1.54, 1.807) is 29.5 Å². The van der Waals surface area contributed by atoms with Gasteiger partial charge in [-0.15, -0.1) is 11.3 Å². The Morgan fingerprint density at radius 1 is 1.19 bits per heavy atom. The summed E-state index contributed by atoms with van der Waals surface area (Å²) in [6.07, 6.45) is 0.904. The Kier molecular flexibility index (Phi) is 7.95. The van der Waals surface area contributed by atoms with E-state index in [9.17, 15) is 13.6 Å². The number of thiazole rings is 1. The molecule has 1 saturated heterocycles. The van der Waals surface area contributed by atoms with Crippen molar-refractivity contribution in [1.82, 2.24) is 10.3 Å². The summed E-state index contributed by atoms with van der Waals surface area (Å²) in [4.78, 5) is 19.3. The minimum atomic E-state index is -3.08. The number of ether oxygens (including phenoxy) is 1. The number of hydrogen-bond acceptors (Lipinski definition) is 7. The molecule has 174 valence electrons. The molecule has 3 heterocycles. The molecule has 9 heteroatoms. The average molecular weight is 466 g/mol. The van der Waals surface area contributed by atoms with Crippen LogP contribution in [0.25, 0.3) is 0 Å². The van der Waals surface area contributed by atoms with Gasteiger partial charge >= 0.3 is 5.92 Å². The summed E-state index contributed by atoms with van der Waals surface area (Å²) < 4.78 is 33.8. The third-order valence-corrected chi connectivity index (χ3v) is 6.15. The van der Waals surface area contributed by atoms with E-state index in [0.29, 0.717) is 23.8 Å². The summed E-state index contributed by atoms with van der Waals surface area (Å²) in [6, 6.07) is 7.75. The number of rotatable bonds is 5. The molecular weight excluding hydrogens is 436 g/mol. The number of nitrogens with zero attached hydrogens (tertiary/aromatic N) is 2. The largest absolute Gasteiger partial charge is 0.462 e. The highest BCUT2D eigenvalue weighted by atomic mass is 32.1. The lowest BCUT2D eigenvalue weighted by atomic mass is 9.98. The van der Waals surface area contributed by atoms with Crippen LogP contribution in [-0.2, 0) is 20.3 Å². The maximum atomic E-state index is 14.6. The topological polar surface area (TPSA) is 72.8 Å². The third-order valence-electron chi connectivity index (χ3n) is 5.14. The van der Waals surface area contributed by atoms with E-state index in [2.05, 4.69) is 20.2 Å². The number of nitrogens with one attached hydrogen (secondary N) is 1. The lowest BCUT2D eigenvalue weighted by Crippen LogP contribution is -2.31. The molecule has 4 rings (SSSR count). The SMILES string of the molecule is CC(C)(C)OC=O.FC(F)(c1ccccc1)C1CC(c2csc(C3CCNCC3)n2)=NO1. The molecule has 0 spiro atoms. The zero-order valence-electron chi connectivity index (χ0n) is 18.5. The van der Waals surface area contributed by atoms with Crippen molar-refractivity contribution in [3.63, 3.8) is 0 Å². The summed E-state index contributed by atoms with van der Waals surface area (Å²) in [6.45, 7) is 7.91. The number of alkyl halides is 2. The fraction of sp³-hybridized carbons (Fsp3) is 0.522. The molecule has 1 aromatic carbocycles. The molecule has 0 bridgehead atoms. The molecule has 0 amide bonds. The van der Waals surface area contributed by atoms with Crippen LogP contribution in [0.2, 0.25) is 0 Å². The van der Waals surface area contributed by atoms with E-state index >= 15 is 0 Å². The highest BCUT2D eigenvalue weighted by Gasteiger charge is 2.47. The van der Waals surface area contributed by atoms with E-state index < -0.39 is 12.0 Å². The van der Waals surface area contributed by atoms with Gasteiger partial charge < -0.3 is 14.9 Å². The number of halogens is 2. The second kappa shape index (κ2) is 10.5. The quantitative estimate of drug-likeness (QED) is 0.639. The summed E-state index contributed by atoms with van der Waals surface area (Å²) in [7, 11) is 0. The summed E-state index contributed by atoms with van der Waals surface area (Å²) in [5.41, 5.74) is 0.814. The first-order valence-corrected chi connectivity index (χ1v) is 11.5. The van der Waals surface area contributed by atoms with Crippen molar-refractivity contribution >= 4 is 23.5 Å². The van der Waals surface area contributed by atoms with Gasteiger partial charge in [-0.2, -0.15) is 8.78 Å². The van der Waals surface area contributed by atoms with E-state index in [0.717, 1.165) is 30.9 Å². The number of aromatic nitrogens is 1. The zero-order chi connectivity index (χ0) is 23.2. The second-order valence-electron chi connectivity index (χ2n) is 8.75. The van der Waals surface area contributed by atoms with Gasteiger partial charge in [0.25, 0.3) is 6.47 Å². The van der Waals surface area contributed by atoms with Gasteiger partial charge in [0.1, 0.15) is 11.3 Å². The number of benzene rings is 1. The Morgan fingerprint density at radius 3 is 2.47 bits per heavy atom. The molecule has 0 saturated carbocycles. The first kappa shape index (κ1) is 24.3. The molecule has 0 aliphatic carbocycles. The van der Waals surface area contributed by atoms with Gasteiger partial charge in [0, 0.05) is 23.3 Å². The monoisotopic (exact) mass is 465 g/mol. The van der Waals surface area contributed by atoms with Crippen molar-refractivity contribution in [2.45, 2.75) is 63.6 Å². The number of carbonyl (C=O) groups excluding carboxylic acids is 1. The molecule has 2 aromatic rings.